The summed E-state index contributed by atoms with van der Waals surface area (Å²) in [5, 5.41) is 2.00. The van der Waals surface area contributed by atoms with Crippen LogP contribution in [0.15, 0.2) is 29.2 Å². The van der Waals surface area contributed by atoms with Gasteiger partial charge in [0.2, 0.25) is 11.8 Å². The van der Waals surface area contributed by atoms with E-state index in [1.807, 2.05) is 5.32 Å². The average molecular weight is 313 g/mol. The Kier molecular flexibility index (Phi) is 1.90. The molecule has 3 rings (SSSR count). The summed E-state index contributed by atoms with van der Waals surface area (Å²) in [5.74, 6) is -2.07. The van der Waals surface area contributed by atoms with Gasteiger partial charge >= 0.3 is 10.2 Å². The number of benzene rings is 1. The van der Waals surface area contributed by atoms with E-state index in [0.29, 0.717) is 0 Å². The highest BCUT2D eigenvalue weighted by Gasteiger charge is 2.71. The number of piperidine rings is 1. The van der Waals surface area contributed by atoms with E-state index in [1.165, 1.54) is 0 Å². The number of rotatable bonds is 2. The molecule has 1 aromatic rings. The smallest absolute Gasteiger partial charge is 0.295 e. The minimum Gasteiger partial charge on any atom is -0.295 e. The molecule has 2 atom stereocenters. The largest absolute Gasteiger partial charge is 0.310 e. The number of amides is 2. The second-order valence-corrected chi connectivity index (χ2v) is 7.45. The standard InChI is InChI=1S/C11H8F5NO2S/c12-20(13,14,15,16)7-3-1-2-6(4-7)11-5-8(11)9(18)17-10(11)19/h1-4,8H,5H2,(H,17,18,19). The summed E-state index contributed by atoms with van der Waals surface area (Å²) in [6, 6.07) is 2.53. The van der Waals surface area contributed by atoms with E-state index in [-0.39, 0.29) is 24.1 Å². The van der Waals surface area contributed by atoms with Gasteiger partial charge in [0.1, 0.15) is 4.90 Å². The maximum absolute atomic E-state index is 12.8. The SMILES string of the molecule is O=C1NC(=O)C2(c3cccc(S(F)(F)(F)(F)F)c3)CC12. The van der Waals surface area contributed by atoms with Crippen LogP contribution in [0.2, 0.25) is 0 Å². The minimum absolute atomic E-state index is 0.0570. The van der Waals surface area contributed by atoms with Crippen LogP contribution in [-0.2, 0) is 15.0 Å². The molecular formula is C11H8F5NO2S. The number of carbonyl (C=O) groups excluding carboxylic acids is 2. The highest BCUT2D eigenvalue weighted by atomic mass is 32.5. The van der Waals surface area contributed by atoms with E-state index in [1.54, 1.807) is 0 Å². The van der Waals surface area contributed by atoms with Gasteiger partial charge in [-0.15, -0.1) is 0 Å². The maximum atomic E-state index is 12.8. The lowest BCUT2D eigenvalue weighted by atomic mass is 9.94. The fourth-order valence-corrected chi connectivity index (χ4v) is 3.29. The van der Waals surface area contributed by atoms with Crippen LogP contribution in [0, 0.1) is 5.92 Å². The molecular weight excluding hydrogens is 305 g/mol. The number of nitrogens with one attached hydrogen (secondary N) is 1. The number of hydrogen-bond donors (Lipinski definition) is 1. The van der Waals surface area contributed by atoms with Crippen molar-refractivity contribution in [2.24, 2.45) is 5.92 Å². The van der Waals surface area contributed by atoms with Gasteiger partial charge in [0, 0.05) is 0 Å². The van der Waals surface area contributed by atoms with Crippen LogP contribution in [-0.4, -0.2) is 11.8 Å². The normalized spacial score (nSPS) is 32.1. The summed E-state index contributed by atoms with van der Waals surface area (Å²) < 4.78 is 63.8. The molecule has 110 valence electrons. The molecule has 9 heteroatoms. The van der Waals surface area contributed by atoms with Gasteiger partial charge in [0.05, 0.1) is 11.3 Å². The first kappa shape index (κ1) is 13.3. The lowest BCUT2D eigenvalue weighted by molar-refractivity contribution is -0.127. The summed E-state index contributed by atoms with van der Waals surface area (Å²) >= 11 is 0. The van der Waals surface area contributed by atoms with Crippen LogP contribution in [0.5, 0.6) is 0 Å². The minimum atomic E-state index is -9.80. The molecule has 1 saturated heterocycles. The van der Waals surface area contributed by atoms with Gasteiger partial charge in [-0.2, -0.15) is 0 Å². The molecule has 2 aliphatic rings. The van der Waals surface area contributed by atoms with Crippen LogP contribution in [0.1, 0.15) is 12.0 Å². The lowest BCUT2D eigenvalue weighted by Gasteiger charge is -2.40. The van der Waals surface area contributed by atoms with E-state index in [2.05, 4.69) is 0 Å². The van der Waals surface area contributed by atoms with Gasteiger partial charge in [0.15, 0.2) is 0 Å². The molecule has 0 bridgehead atoms. The number of halogens is 5. The summed E-state index contributed by atoms with van der Waals surface area (Å²) in [5.41, 5.74) is -1.60. The number of carbonyl (C=O) groups is 2. The molecule has 20 heavy (non-hydrogen) atoms. The number of fused-ring (bicyclic) bond motifs is 1. The Morgan fingerprint density at radius 2 is 1.80 bits per heavy atom. The Hall–Kier alpha value is -1.64. The predicted molar refractivity (Wildman–Crippen MR) is 60.8 cm³/mol. The predicted octanol–water partition coefficient (Wildman–Crippen LogP) is 3.26. The topological polar surface area (TPSA) is 46.2 Å². The Morgan fingerprint density at radius 3 is 2.25 bits per heavy atom. The lowest BCUT2D eigenvalue weighted by Crippen LogP contribution is -2.30. The van der Waals surface area contributed by atoms with Gasteiger partial charge in [-0.3, -0.25) is 14.9 Å². The number of hydrogen-bond acceptors (Lipinski definition) is 2. The van der Waals surface area contributed by atoms with Crippen molar-refractivity contribution < 1.29 is 29.0 Å². The van der Waals surface area contributed by atoms with Crippen molar-refractivity contribution in [3.05, 3.63) is 29.8 Å². The van der Waals surface area contributed by atoms with Crippen LogP contribution in [0.25, 0.3) is 0 Å². The maximum Gasteiger partial charge on any atom is 0.310 e. The van der Waals surface area contributed by atoms with E-state index >= 15 is 0 Å². The molecule has 1 aliphatic carbocycles. The van der Waals surface area contributed by atoms with E-state index < -0.39 is 38.3 Å². The van der Waals surface area contributed by atoms with E-state index in [4.69, 9.17) is 0 Å². The van der Waals surface area contributed by atoms with Crippen LogP contribution >= 0.6 is 10.2 Å². The fourth-order valence-electron chi connectivity index (χ4n) is 2.60. The average Bonchev–Trinajstić information content (AvgIpc) is 2.97. The molecule has 1 aromatic carbocycles. The molecule has 2 fully saturated rings. The summed E-state index contributed by atoms with van der Waals surface area (Å²) in [7, 11) is -9.80. The van der Waals surface area contributed by atoms with Gasteiger partial charge < -0.3 is 0 Å². The summed E-state index contributed by atoms with van der Waals surface area (Å²) in [6.07, 6.45) is 0.0570. The van der Waals surface area contributed by atoms with Crippen molar-refractivity contribution in [1.82, 2.24) is 5.32 Å². The third-order valence-corrected chi connectivity index (χ3v) is 4.86. The van der Waals surface area contributed by atoms with Gasteiger partial charge in [-0.1, -0.05) is 31.6 Å². The zero-order chi connectivity index (χ0) is 15.0. The Balaban J connectivity index is 2.12. The third-order valence-electron chi connectivity index (χ3n) is 3.71. The Morgan fingerprint density at radius 1 is 1.15 bits per heavy atom. The van der Waals surface area contributed by atoms with Crippen molar-refractivity contribution in [1.29, 1.82) is 0 Å². The number of imide groups is 1. The van der Waals surface area contributed by atoms with Crippen molar-refractivity contribution in [3.63, 3.8) is 0 Å². The van der Waals surface area contributed by atoms with Crippen molar-refractivity contribution in [2.45, 2.75) is 16.7 Å². The van der Waals surface area contributed by atoms with E-state index in [0.717, 1.165) is 12.1 Å². The zero-order valence-corrected chi connectivity index (χ0v) is 10.5. The second kappa shape index (κ2) is 2.85. The molecule has 1 heterocycles. The monoisotopic (exact) mass is 313 g/mol. The van der Waals surface area contributed by atoms with Crippen LogP contribution in [0.4, 0.5) is 19.4 Å². The molecule has 1 aliphatic heterocycles. The summed E-state index contributed by atoms with van der Waals surface area (Å²) in [6.45, 7) is 0. The highest BCUT2D eigenvalue weighted by molar-refractivity contribution is 8.45. The third kappa shape index (κ3) is 1.72. The first-order chi connectivity index (χ1) is 8.84. The molecule has 2 amide bonds. The molecule has 1 saturated carbocycles. The molecule has 0 radical (unpaired) electrons. The molecule has 2 unspecified atom stereocenters. The zero-order valence-electron chi connectivity index (χ0n) is 9.71. The van der Waals surface area contributed by atoms with Gasteiger partial charge in [0.25, 0.3) is 0 Å². The molecule has 0 aromatic heterocycles. The molecule has 0 spiro atoms. The first-order valence-electron chi connectivity index (χ1n) is 5.54. The van der Waals surface area contributed by atoms with Crippen molar-refractivity contribution in [3.8, 4) is 0 Å². The van der Waals surface area contributed by atoms with Crippen molar-refractivity contribution in [2.75, 3.05) is 0 Å². The van der Waals surface area contributed by atoms with Crippen LogP contribution < -0.4 is 5.32 Å². The van der Waals surface area contributed by atoms with E-state index in [9.17, 15) is 29.0 Å². The summed E-state index contributed by atoms with van der Waals surface area (Å²) in [4.78, 5) is 20.9. The van der Waals surface area contributed by atoms with Gasteiger partial charge in [-0.05, 0) is 24.1 Å². The van der Waals surface area contributed by atoms with Gasteiger partial charge in [-0.25, -0.2) is 0 Å². The first-order valence-corrected chi connectivity index (χ1v) is 7.50. The Labute approximate surface area is 109 Å². The highest BCUT2D eigenvalue weighted by Crippen LogP contribution is 3.02. The quantitative estimate of drug-likeness (QED) is 0.673. The second-order valence-electron chi connectivity index (χ2n) is 5.04. The fraction of sp³-hybridized carbons (Fsp3) is 0.273. The van der Waals surface area contributed by atoms with Crippen LogP contribution in [0.3, 0.4) is 0 Å². The molecule has 1 N–H and O–H groups in total. The van der Waals surface area contributed by atoms with Crippen molar-refractivity contribution >= 4 is 22.0 Å². The Bertz CT molecular complexity index is 671. The molecule has 3 nitrogen and oxygen atoms in total.